The number of aromatic nitrogens is 1. The molecule has 0 aliphatic heterocycles. The second-order valence-electron chi connectivity index (χ2n) is 4.28. The number of ketones is 1. The van der Waals surface area contributed by atoms with Crippen LogP contribution in [0.3, 0.4) is 0 Å². The molecule has 0 aliphatic carbocycles. The van der Waals surface area contributed by atoms with Gasteiger partial charge in [-0.15, -0.1) is 0 Å². The summed E-state index contributed by atoms with van der Waals surface area (Å²) in [5, 5.41) is 0. The molecule has 0 saturated heterocycles. The first kappa shape index (κ1) is 13.1. The lowest BCUT2D eigenvalue weighted by Crippen LogP contribution is -2.02. The number of anilines is 1. The van der Waals surface area contributed by atoms with Crippen molar-refractivity contribution >= 4 is 11.5 Å². The van der Waals surface area contributed by atoms with Gasteiger partial charge in [0.15, 0.2) is 5.78 Å². The van der Waals surface area contributed by atoms with Gasteiger partial charge in [-0.3, -0.25) is 9.78 Å². The number of hydrogen-bond acceptors (Lipinski definition) is 4. The zero-order valence-electron chi connectivity index (χ0n) is 10.8. The summed E-state index contributed by atoms with van der Waals surface area (Å²) < 4.78 is 5.05. The number of nitrogens with zero attached hydrogens (tertiary/aromatic N) is 1. The van der Waals surface area contributed by atoms with Crippen LogP contribution in [0.4, 0.5) is 5.69 Å². The van der Waals surface area contributed by atoms with Gasteiger partial charge >= 0.3 is 0 Å². The summed E-state index contributed by atoms with van der Waals surface area (Å²) in [6.45, 7) is 0. The van der Waals surface area contributed by atoms with E-state index in [1.807, 2.05) is 24.3 Å². The molecule has 0 spiro atoms. The fraction of sp³-hybridized carbons (Fsp3) is 0.200. The average Bonchev–Trinajstić information content (AvgIpc) is 2.45. The van der Waals surface area contributed by atoms with Crippen LogP contribution in [-0.4, -0.2) is 17.9 Å². The van der Waals surface area contributed by atoms with Crippen LogP contribution in [0.25, 0.3) is 0 Å². The molecule has 0 saturated carbocycles. The van der Waals surface area contributed by atoms with Crippen LogP contribution in [-0.2, 0) is 6.42 Å². The van der Waals surface area contributed by atoms with Crippen molar-refractivity contribution in [2.75, 3.05) is 12.8 Å². The van der Waals surface area contributed by atoms with Gasteiger partial charge in [-0.2, -0.15) is 0 Å². The number of benzene rings is 1. The number of methoxy groups -OCH3 is 1. The first-order valence-corrected chi connectivity index (χ1v) is 6.05. The standard InChI is InChI=1S/C15H16N2O2/c1-19-14-8-12(9-17-10-14)15(18)6-5-11-3-2-4-13(16)7-11/h2-4,7-10H,5-6,16H2,1H3. The molecular formula is C15H16N2O2. The summed E-state index contributed by atoms with van der Waals surface area (Å²) in [4.78, 5) is 16.0. The molecule has 0 unspecified atom stereocenters. The van der Waals surface area contributed by atoms with Crippen LogP contribution in [0.15, 0.2) is 42.7 Å². The Morgan fingerprint density at radius 2 is 2.16 bits per heavy atom. The predicted octanol–water partition coefficient (Wildman–Crippen LogP) is 2.49. The summed E-state index contributed by atoms with van der Waals surface area (Å²) >= 11 is 0. The minimum atomic E-state index is 0.0498. The van der Waals surface area contributed by atoms with E-state index < -0.39 is 0 Å². The van der Waals surface area contributed by atoms with Gasteiger partial charge < -0.3 is 10.5 Å². The zero-order chi connectivity index (χ0) is 13.7. The van der Waals surface area contributed by atoms with Crippen molar-refractivity contribution in [3.05, 3.63) is 53.9 Å². The molecule has 0 radical (unpaired) electrons. The van der Waals surface area contributed by atoms with Gasteiger partial charge in [-0.1, -0.05) is 12.1 Å². The Morgan fingerprint density at radius 3 is 2.89 bits per heavy atom. The van der Waals surface area contributed by atoms with Crippen molar-refractivity contribution in [2.24, 2.45) is 0 Å². The topological polar surface area (TPSA) is 65.2 Å². The largest absolute Gasteiger partial charge is 0.495 e. The number of ether oxygens (including phenoxy) is 1. The minimum absolute atomic E-state index is 0.0498. The van der Waals surface area contributed by atoms with E-state index in [0.717, 1.165) is 5.56 Å². The Balaban J connectivity index is 2.01. The van der Waals surface area contributed by atoms with Gasteiger partial charge in [0.25, 0.3) is 0 Å². The normalized spacial score (nSPS) is 10.2. The molecule has 98 valence electrons. The highest BCUT2D eigenvalue weighted by Gasteiger charge is 2.08. The number of nitrogens with two attached hydrogens (primary N) is 1. The third-order valence-electron chi connectivity index (χ3n) is 2.86. The summed E-state index contributed by atoms with van der Waals surface area (Å²) in [5.74, 6) is 0.642. The third kappa shape index (κ3) is 3.55. The zero-order valence-corrected chi connectivity index (χ0v) is 10.8. The number of aryl methyl sites for hydroxylation is 1. The lowest BCUT2D eigenvalue weighted by molar-refractivity contribution is 0.0982. The van der Waals surface area contributed by atoms with Crippen molar-refractivity contribution < 1.29 is 9.53 Å². The molecular weight excluding hydrogens is 240 g/mol. The van der Waals surface area contributed by atoms with Crippen molar-refractivity contribution in [3.63, 3.8) is 0 Å². The number of hydrogen-bond donors (Lipinski definition) is 1. The number of pyridine rings is 1. The highest BCUT2D eigenvalue weighted by molar-refractivity contribution is 5.96. The van der Waals surface area contributed by atoms with Gasteiger partial charge in [-0.25, -0.2) is 0 Å². The fourth-order valence-electron chi connectivity index (χ4n) is 1.83. The molecule has 2 aromatic rings. The summed E-state index contributed by atoms with van der Waals surface area (Å²) in [6, 6.07) is 9.28. The summed E-state index contributed by atoms with van der Waals surface area (Å²) in [6.07, 6.45) is 4.23. The van der Waals surface area contributed by atoms with Crippen molar-refractivity contribution in [1.29, 1.82) is 0 Å². The van der Waals surface area contributed by atoms with Gasteiger partial charge in [-0.05, 0) is 30.2 Å². The van der Waals surface area contributed by atoms with Crippen LogP contribution >= 0.6 is 0 Å². The Kier molecular flexibility index (Phi) is 4.13. The van der Waals surface area contributed by atoms with E-state index in [4.69, 9.17) is 10.5 Å². The van der Waals surface area contributed by atoms with Crippen LogP contribution in [0.1, 0.15) is 22.3 Å². The smallest absolute Gasteiger partial charge is 0.164 e. The predicted molar refractivity (Wildman–Crippen MR) is 74.3 cm³/mol. The van der Waals surface area contributed by atoms with Crippen LogP contribution in [0.2, 0.25) is 0 Å². The van der Waals surface area contributed by atoms with Gasteiger partial charge in [0.1, 0.15) is 5.75 Å². The van der Waals surface area contributed by atoms with E-state index in [2.05, 4.69) is 4.98 Å². The second kappa shape index (κ2) is 6.00. The minimum Gasteiger partial charge on any atom is -0.495 e. The van der Waals surface area contributed by atoms with Gasteiger partial charge in [0, 0.05) is 23.9 Å². The van der Waals surface area contributed by atoms with E-state index in [9.17, 15) is 4.79 Å². The number of carbonyl (C=O) groups excluding carboxylic acids is 1. The molecule has 1 aromatic carbocycles. The molecule has 1 heterocycles. The molecule has 2 N–H and O–H groups in total. The maximum atomic E-state index is 12.0. The molecule has 19 heavy (non-hydrogen) atoms. The van der Waals surface area contributed by atoms with Crippen LogP contribution in [0, 0.1) is 0 Å². The Hall–Kier alpha value is -2.36. The van der Waals surface area contributed by atoms with Crippen LogP contribution in [0.5, 0.6) is 5.75 Å². The third-order valence-corrected chi connectivity index (χ3v) is 2.86. The number of Topliss-reactive ketones (excluding diaryl/α,β-unsaturated/α-hetero) is 1. The number of rotatable bonds is 5. The maximum absolute atomic E-state index is 12.0. The molecule has 0 fully saturated rings. The SMILES string of the molecule is COc1cncc(C(=O)CCc2cccc(N)c2)c1. The summed E-state index contributed by atoms with van der Waals surface area (Å²) in [7, 11) is 1.55. The Bertz CT molecular complexity index is 582. The first-order valence-electron chi connectivity index (χ1n) is 6.05. The quantitative estimate of drug-likeness (QED) is 0.659. The highest BCUT2D eigenvalue weighted by Crippen LogP contribution is 2.14. The van der Waals surface area contributed by atoms with E-state index in [-0.39, 0.29) is 5.78 Å². The van der Waals surface area contributed by atoms with Crippen LogP contribution < -0.4 is 10.5 Å². The molecule has 1 aromatic heterocycles. The van der Waals surface area contributed by atoms with E-state index in [0.29, 0.717) is 29.8 Å². The summed E-state index contributed by atoms with van der Waals surface area (Å²) in [5.41, 5.74) is 8.05. The van der Waals surface area contributed by atoms with Crippen molar-refractivity contribution in [2.45, 2.75) is 12.8 Å². The Labute approximate surface area is 112 Å². The molecule has 0 bridgehead atoms. The van der Waals surface area contributed by atoms with Crippen molar-refractivity contribution in [1.82, 2.24) is 4.98 Å². The molecule has 0 atom stereocenters. The molecule has 4 heteroatoms. The highest BCUT2D eigenvalue weighted by atomic mass is 16.5. The van der Waals surface area contributed by atoms with Gasteiger partial charge in [0.05, 0.1) is 13.3 Å². The fourth-order valence-corrected chi connectivity index (χ4v) is 1.83. The molecule has 2 rings (SSSR count). The molecule has 0 amide bonds. The number of nitrogen functional groups attached to an aromatic ring is 1. The van der Waals surface area contributed by atoms with E-state index in [1.54, 1.807) is 25.6 Å². The molecule has 0 aliphatic rings. The second-order valence-corrected chi connectivity index (χ2v) is 4.28. The Morgan fingerprint density at radius 1 is 1.32 bits per heavy atom. The van der Waals surface area contributed by atoms with Crippen molar-refractivity contribution in [3.8, 4) is 5.75 Å². The van der Waals surface area contributed by atoms with E-state index >= 15 is 0 Å². The first-order chi connectivity index (χ1) is 9.19. The van der Waals surface area contributed by atoms with Gasteiger partial charge in [0.2, 0.25) is 0 Å². The molecule has 4 nitrogen and oxygen atoms in total. The lowest BCUT2D eigenvalue weighted by atomic mass is 10.0. The monoisotopic (exact) mass is 256 g/mol. The van der Waals surface area contributed by atoms with E-state index in [1.165, 1.54) is 0 Å². The number of carbonyl (C=O) groups is 1. The lowest BCUT2D eigenvalue weighted by Gasteiger charge is -2.04. The maximum Gasteiger partial charge on any atom is 0.164 e. The average molecular weight is 256 g/mol.